The molecule has 1 aliphatic rings. The second-order valence-electron chi connectivity index (χ2n) is 6.75. The minimum Gasteiger partial charge on any atom is -0.360 e. The lowest BCUT2D eigenvalue weighted by Crippen LogP contribution is -2.30. The first-order valence-corrected chi connectivity index (χ1v) is 8.99. The maximum Gasteiger partial charge on any atom is 0.160 e. The first kappa shape index (κ1) is 16.6. The van der Waals surface area contributed by atoms with Crippen LogP contribution in [0.4, 0.5) is 10.2 Å². The zero-order valence-corrected chi connectivity index (χ0v) is 15.2. The molecule has 0 bridgehead atoms. The van der Waals surface area contributed by atoms with Crippen LogP contribution >= 0.6 is 0 Å². The molecular formula is C20H17FN6O. The summed E-state index contributed by atoms with van der Waals surface area (Å²) in [6.45, 7) is 1.34. The Morgan fingerprint density at radius 3 is 2.82 bits per heavy atom. The number of aryl methyl sites for hydroxylation is 1. The molecule has 3 aromatic heterocycles. The van der Waals surface area contributed by atoms with Crippen molar-refractivity contribution < 1.29 is 8.91 Å². The van der Waals surface area contributed by atoms with Crippen LogP contribution in [0.2, 0.25) is 0 Å². The molecule has 140 valence electrons. The van der Waals surface area contributed by atoms with E-state index in [1.165, 1.54) is 12.1 Å². The fourth-order valence-corrected chi connectivity index (χ4v) is 3.49. The monoisotopic (exact) mass is 376 g/mol. The molecule has 0 spiro atoms. The molecule has 28 heavy (non-hydrogen) atoms. The molecule has 0 N–H and O–H groups in total. The van der Waals surface area contributed by atoms with E-state index < -0.39 is 0 Å². The van der Waals surface area contributed by atoms with Gasteiger partial charge in [-0.25, -0.2) is 9.37 Å². The first-order chi connectivity index (χ1) is 13.7. The Hall–Kier alpha value is -3.55. The Morgan fingerprint density at radius 2 is 2.07 bits per heavy atom. The van der Waals surface area contributed by atoms with Crippen LogP contribution in [0.15, 0.2) is 53.3 Å². The molecule has 0 radical (unpaired) electrons. The van der Waals surface area contributed by atoms with E-state index in [9.17, 15) is 4.39 Å². The highest BCUT2D eigenvalue weighted by Gasteiger charge is 2.26. The summed E-state index contributed by atoms with van der Waals surface area (Å²) in [4.78, 5) is 6.42. The molecule has 4 heterocycles. The van der Waals surface area contributed by atoms with E-state index in [1.54, 1.807) is 12.3 Å². The van der Waals surface area contributed by atoms with Gasteiger partial charge in [-0.2, -0.15) is 0 Å². The second-order valence-corrected chi connectivity index (χ2v) is 6.75. The van der Waals surface area contributed by atoms with Gasteiger partial charge in [0, 0.05) is 43.5 Å². The molecule has 0 amide bonds. The smallest absolute Gasteiger partial charge is 0.160 e. The van der Waals surface area contributed by atoms with Crippen LogP contribution in [0.3, 0.4) is 0 Å². The average molecular weight is 376 g/mol. The van der Waals surface area contributed by atoms with E-state index in [0.29, 0.717) is 24.2 Å². The third-order valence-electron chi connectivity index (χ3n) is 4.95. The molecular weight excluding hydrogens is 359 g/mol. The number of benzene rings is 1. The Balaban J connectivity index is 1.43. The van der Waals surface area contributed by atoms with Gasteiger partial charge in [0.1, 0.15) is 23.0 Å². The van der Waals surface area contributed by atoms with Crippen LogP contribution in [0.1, 0.15) is 11.3 Å². The van der Waals surface area contributed by atoms with E-state index in [1.807, 2.05) is 36.0 Å². The van der Waals surface area contributed by atoms with Gasteiger partial charge >= 0.3 is 0 Å². The number of halogens is 1. The maximum absolute atomic E-state index is 13.6. The largest absolute Gasteiger partial charge is 0.360 e. The minimum absolute atomic E-state index is 0.294. The van der Waals surface area contributed by atoms with Gasteiger partial charge in [-0.3, -0.25) is 0 Å². The molecule has 1 aromatic carbocycles. The van der Waals surface area contributed by atoms with Gasteiger partial charge < -0.3 is 14.0 Å². The lowest BCUT2D eigenvalue weighted by atomic mass is 10.0. The highest BCUT2D eigenvalue weighted by atomic mass is 19.1. The number of hydrogen-bond donors (Lipinski definition) is 0. The van der Waals surface area contributed by atoms with Crippen molar-refractivity contribution >= 4 is 5.82 Å². The van der Waals surface area contributed by atoms with Crippen molar-refractivity contribution in [3.63, 3.8) is 0 Å². The van der Waals surface area contributed by atoms with E-state index in [0.717, 1.165) is 35.2 Å². The molecule has 0 saturated carbocycles. The Labute approximate surface area is 160 Å². The fraction of sp³-hybridized carbons (Fsp3) is 0.200. The van der Waals surface area contributed by atoms with Crippen LogP contribution in [0, 0.1) is 5.82 Å². The van der Waals surface area contributed by atoms with Crippen molar-refractivity contribution in [3.8, 4) is 22.8 Å². The topological polar surface area (TPSA) is 72.9 Å². The Kier molecular flexibility index (Phi) is 3.89. The standard InChI is InChI=1S/C20H17FN6O/c1-26-10-8-22-20(26)16-5-6-18(24-23-16)27-9-7-17-15(12-27)19(25-28-17)13-3-2-4-14(21)11-13/h2-6,8,10-11H,7,9,12H2,1H3. The van der Waals surface area contributed by atoms with Crippen LogP contribution in [-0.2, 0) is 20.0 Å². The zero-order valence-electron chi connectivity index (χ0n) is 15.2. The van der Waals surface area contributed by atoms with Crippen LogP contribution < -0.4 is 4.90 Å². The number of anilines is 1. The number of nitrogens with zero attached hydrogens (tertiary/aromatic N) is 6. The van der Waals surface area contributed by atoms with Crippen molar-refractivity contribution in [2.24, 2.45) is 7.05 Å². The molecule has 7 nitrogen and oxygen atoms in total. The highest BCUT2D eigenvalue weighted by Crippen LogP contribution is 2.31. The third-order valence-corrected chi connectivity index (χ3v) is 4.95. The summed E-state index contributed by atoms with van der Waals surface area (Å²) in [6, 6.07) is 10.3. The van der Waals surface area contributed by atoms with Gasteiger partial charge in [-0.1, -0.05) is 17.3 Å². The molecule has 0 unspecified atom stereocenters. The van der Waals surface area contributed by atoms with Crippen molar-refractivity contribution in [2.75, 3.05) is 11.4 Å². The number of fused-ring (bicyclic) bond motifs is 1. The molecule has 0 saturated heterocycles. The SMILES string of the molecule is Cn1ccnc1-c1ccc(N2CCc3onc(-c4cccc(F)c4)c3C2)nn1. The van der Waals surface area contributed by atoms with Gasteiger partial charge in [0.15, 0.2) is 11.6 Å². The van der Waals surface area contributed by atoms with Gasteiger partial charge in [0.25, 0.3) is 0 Å². The molecule has 5 rings (SSSR count). The van der Waals surface area contributed by atoms with E-state index >= 15 is 0 Å². The lowest BCUT2D eigenvalue weighted by Gasteiger charge is -2.26. The number of rotatable bonds is 3. The molecule has 8 heteroatoms. The van der Waals surface area contributed by atoms with Crippen molar-refractivity contribution in [3.05, 3.63) is 65.9 Å². The van der Waals surface area contributed by atoms with Crippen molar-refractivity contribution in [2.45, 2.75) is 13.0 Å². The van der Waals surface area contributed by atoms with Gasteiger partial charge in [-0.15, -0.1) is 10.2 Å². The molecule has 4 aromatic rings. The number of aromatic nitrogens is 5. The second kappa shape index (κ2) is 6.56. The molecule has 1 aliphatic heterocycles. The maximum atomic E-state index is 13.6. The highest BCUT2D eigenvalue weighted by molar-refractivity contribution is 5.65. The predicted molar refractivity (Wildman–Crippen MR) is 101 cm³/mol. The van der Waals surface area contributed by atoms with Crippen molar-refractivity contribution in [1.29, 1.82) is 0 Å². The van der Waals surface area contributed by atoms with Gasteiger partial charge in [0.05, 0.1) is 6.54 Å². The van der Waals surface area contributed by atoms with E-state index in [-0.39, 0.29) is 5.82 Å². The molecule has 0 aliphatic carbocycles. The quantitative estimate of drug-likeness (QED) is 0.547. The van der Waals surface area contributed by atoms with Gasteiger partial charge in [0.2, 0.25) is 0 Å². The first-order valence-electron chi connectivity index (χ1n) is 8.99. The average Bonchev–Trinajstić information content (AvgIpc) is 3.34. The van der Waals surface area contributed by atoms with E-state index in [2.05, 4.69) is 25.2 Å². The number of hydrogen-bond acceptors (Lipinski definition) is 6. The van der Waals surface area contributed by atoms with Crippen molar-refractivity contribution in [1.82, 2.24) is 24.9 Å². The van der Waals surface area contributed by atoms with Crippen LogP contribution in [0.5, 0.6) is 0 Å². The molecule has 0 atom stereocenters. The summed E-state index contributed by atoms with van der Waals surface area (Å²) < 4.78 is 21.0. The summed E-state index contributed by atoms with van der Waals surface area (Å²) in [7, 11) is 1.92. The third kappa shape index (κ3) is 2.83. The zero-order chi connectivity index (χ0) is 19.1. The summed E-state index contributed by atoms with van der Waals surface area (Å²) in [6.07, 6.45) is 4.31. The Bertz CT molecular complexity index is 1130. The fourth-order valence-electron chi connectivity index (χ4n) is 3.49. The summed E-state index contributed by atoms with van der Waals surface area (Å²) >= 11 is 0. The predicted octanol–water partition coefficient (Wildman–Crippen LogP) is 3.23. The van der Waals surface area contributed by atoms with Gasteiger partial charge in [-0.05, 0) is 24.3 Å². The Morgan fingerprint density at radius 1 is 1.14 bits per heavy atom. The van der Waals surface area contributed by atoms with Crippen LogP contribution in [0.25, 0.3) is 22.8 Å². The number of imidazole rings is 1. The van der Waals surface area contributed by atoms with E-state index in [4.69, 9.17) is 4.52 Å². The summed E-state index contributed by atoms with van der Waals surface area (Å²) in [5, 5.41) is 12.9. The molecule has 0 fully saturated rings. The van der Waals surface area contributed by atoms with Crippen LogP contribution in [-0.4, -0.2) is 31.4 Å². The lowest BCUT2D eigenvalue weighted by molar-refractivity contribution is 0.378. The normalized spacial score (nSPS) is 13.6. The summed E-state index contributed by atoms with van der Waals surface area (Å²) in [5.74, 6) is 2.09. The minimum atomic E-state index is -0.294. The summed E-state index contributed by atoms with van der Waals surface area (Å²) in [5.41, 5.74) is 3.08.